The molecule has 3 rings (SSSR count). The molecule has 13 heteroatoms. The summed E-state index contributed by atoms with van der Waals surface area (Å²) in [5.74, 6) is -0.295. The minimum atomic E-state index is -5.98. The van der Waals surface area contributed by atoms with Crippen LogP contribution >= 0.6 is 11.3 Å². The molecular weight excluding hydrogens is 526 g/mol. The van der Waals surface area contributed by atoms with Gasteiger partial charge in [-0.2, -0.15) is 37.7 Å². The van der Waals surface area contributed by atoms with Crippen molar-refractivity contribution in [2.75, 3.05) is 13.2 Å². The van der Waals surface area contributed by atoms with Crippen molar-refractivity contribution in [2.24, 2.45) is 0 Å². The van der Waals surface area contributed by atoms with Gasteiger partial charge in [-0.15, -0.1) is 0 Å². The normalized spacial score (nSPS) is 18.9. The molecule has 3 amide bonds. The fourth-order valence-corrected chi connectivity index (χ4v) is 4.86. The van der Waals surface area contributed by atoms with E-state index in [1.165, 1.54) is 11.3 Å². The zero-order valence-electron chi connectivity index (χ0n) is 20.0. The van der Waals surface area contributed by atoms with Crippen LogP contribution in [0.5, 0.6) is 5.75 Å². The van der Waals surface area contributed by atoms with Crippen LogP contribution in [0.15, 0.2) is 35.0 Å². The molecule has 37 heavy (non-hydrogen) atoms. The molecule has 1 unspecified atom stereocenters. The lowest BCUT2D eigenvalue weighted by atomic mass is 9.90. The van der Waals surface area contributed by atoms with Crippen LogP contribution in [-0.2, 0) is 22.4 Å². The van der Waals surface area contributed by atoms with E-state index in [0.29, 0.717) is 37.0 Å². The average Bonchev–Trinajstić information content (AvgIpc) is 3.41. The summed E-state index contributed by atoms with van der Waals surface area (Å²) in [7, 11) is 0. The number of ether oxygens (including phenoxy) is 1. The molecular formula is C24H26F6N2O4S. The van der Waals surface area contributed by atoms with E-state index in [2.05, 4.69) is 5.32 Å². The van der Waals surface area contributed by atoms with Crippen LogP contribution in [0.25, 0.3) is 0 Å². The Kier molecular flexibility index (Phi) is 8.18. The zero-order chi connectivity index (χ0) is 27.6. The first-order valence-corrected chi connectivity index (χ1v) is 12.4. The number of rotatable bonds is 10. The summed E-state index contributed by atoms with van der Waals surface area (Å²) in [6.07, 6.45) is -10.7. The smallest absolute Gasteiger partial charge is 0.430 e. The molecule has 1 aromatic heterocycles. The maximum Gasteiger partial charge on any atom is 0.430 e. The van der Waals surface area contributed by atoms with Gasteiger partial charge >= 0.3 is 18.4 Å². The number of hydrogen-bond donors (Lipinski definition) is 2. The van der Waals surface area contributed by atoms with E-state index in [4.69, 9.17) is 4.74 Å². The van der Waals surface area contributed by atoms with Gasteiger partial charge in [0.05, 0.1) is 6.61 Å². The van der Waals surface area contributed by atoms with Crippen molar-refractivity contribution in [3.8, 4) is 5.75 Å². The largest absolute Gasteiger partial charge is 0.493 e. The Hall–Kier alpha value is -2.80. The van der Waals surface area contributed by atoms with Crippen molar-refractivity contribution in [1.82, 2.24) is 10.2 Å². The molecule has 0 saturated carbocycles. The number of benzene rings is 1. The molecule has 1 aromatic carbocycles. The highest BCUT2D eigenvalue weighted by atomic mass is 32.1. The molecule has 2 heterocycles. The summed E-state index contributed by atoms with van der Waals surface area (Å²) in [5, 5.41) is 15.9. The van der Waals surface area contributed by atoms with Crippen LogP contribution in [0.2, 0.25) is 0 Å². The molecule has 204 valence electrons. The van der Waals surface area contributed by atoms with Crippen LogP contribution < -0.4 is 10.1 Å². The van der Waals surface area contributed by atoms with Crippen molar-refractivity contribution >= 4 is 23.3 Å². The molecule has 0 spiro atoms. The van der Waals surface area contributed by atoms with Gasteiger partial charge < -0.3 is 15.2 Å². The number of amides is 3. The first-order chi connectivity index (χ1) is 17.2. The van der Waals surface area contributed by atoms with Gasteiger partial charge in [-0.05, 0) is 66.3 Å². The third kappa shape index (κ3) is 5.42. The van der Waals surface area contributed by atoms with Gasteiger partial charge in [0.1, 0.15) is 11.3 Å². The molecule has 1 atom stereocenters. The number of imide groups is 1. The zero-order valence-corrected chi connectivity index (χ0v) is 20.8. The van der Waals surface area contributed by atoms with E-state index in [9.17, 15) is 41.0 Å². The average molecular weight is 553 g/mol. The molecule has 6 nitrogen and oxygen atoms in total. The third-order valence-corrected chi connectivity index (χ3v) is 6.91. The van der Waals surface area contributed by atoms with Gasteiger partial charge in [0.25, 0.3) is 11.5 Å². The SMILES string of the molecule is CCCc1cc(C(O)(C(F)(F)F)C(F)(F)F)ccc1OCCCCN1C(=O)NC(C)(c2ccsc2)C1=O. The second kappa shape index (κ2) is 10.5. The van der Waals surface area contributed by atoms with E-state index in [1.54, 1.807) is 30.7 Å². The van der Waals surface area contributed by atoms with Gasteiger partial charge in [-0.25, -0.2) is 4.79 Å². The van der Waals surface area contributed by atoms with Crippen LogP contribution in [-0.4, -0.2) is 47.4 Å². The van der Waals surface area contributed by atoms with E-state index < -0.39 is 35.1 Å². The minimum absolute atomic E-state index is 0.0460. The number of thiophene rings is 1. The number of alkyl halides is 6. The lowest BCUT2D eigenvalue weighted by Crippen LogP contribution is -2.53. The number of carbonyl (C=O) groups is 2. The van der Waals surface area contributed by atoms with E-state index in [0.717, 1.165) is 11.0 Å². The highest BCUT2D eigenvalue weighted by molar-refractivity contribution is 7.08. The van der Waals surface area contributed by atoms with Gasteiger partial charge in [-0.3, -0.25) is 9.69 Å². The van der Waals surface area contributed by atoms with Crippen LogP contribution in [0.3, 0.4) is 0 Å². The predicted octanol–water partition coefficient (Wildman–Crippen LogP) is 5.64. The van der Waals surface area contributed by atoms with Gasteiger partial charge in [0.15, 0.2) is 0 Å². The van der Waals surface area contributed by atoms with E-state index >= 15 is 0 Å². The summed E-state index contributed by atoms with van der Waals surface area (Å²) in [5.41, 5.74) is -6.74. The van der Waals surface area contributed by atoms with Crippen molar-refractivity contribution < 1.29 is 45.8 Å². The summed E-state index contributed by atoms with van der Waals surface area (Å²) < 4.78 is 85.1. The molecule has 1 aliphatic heterocycles. The Morgan fingerprint density at radius 1 is 1.08 bits per heavy atom. The Bertz CT molecular complexity index is 1110. The van der Waals surface area contributed by atoms with E-state index in [1.807, 2.05) is 0 Å². The molecule has 1 aliphatic rings. The van der Waals surface area contributed by atoms with Gasteiger partial charge in [0, 0.05) is 12.1 Å². The predicted molar refractivity (Wildman–Crippen MR) is 123 cm³/mol. The Morgan fingerprint density at radius 2 is 1.76 bits per heavy atom. The second-order valence-corrected chi connectivity index (χ2v) is 9.64. The van der Waals surface area contributed by atoms with Crippen LogP contribution in [0.4, 0.5) is 31.1 Å². The number of aryl methyl sites for hydroxylation is 1. The lowest BCUT2D eigenvalue weighted by Gasteiger charge is -2.33. The topological polar surface area (TPSA) is 78.9 Å². The van der Waals surface area contributed by atoms with Crippen LogP contribution in [0, 0.1) is 0 Å². The summed E-state index contributed by atoms with van der Waals surface area (Å²) in [6, 6.07) is 3.42. The van der Waals surface area contributed by atoms with Gasteiger partial charge in [-0.1, -0.05) is 19.4 Å². The monoisotopic (exact) mass is 552 g/mol. The molecule has 0 aliphatic carbocycles. The number of halogens is 6. The number of urea groups is 1. The molecule has 1 saturated heterocycles. The summed E-state index contributed by atoms with van der Waals surface area (Å²) in [6.45, 7) is 3.47. The van der Waals surface area contributed by atoms with E-state index in [-0.39, 0.29) is 36.8 Å². The highest BCUT2D eigenvalue weighted by Crippen LogP contribution is 2.50. The van der Waals surface area contributed by atoms with Crippen molar-refractivity contribution in [3.63, 3.8) is 0 Å². The minimum Gasteiger partial charge on any atom is -0.493 e. The number of nitrogens with one attached hydrogen (secondary N) is 1. The van der Waals surface area contributed by atoms with Crippen molar-refractivity contribution in [1.29, 1.82) is 0 Å². The van der Waals surface area contributed by atoms with Crippen molar-refractivity contribution in [2.45, 2.75) is 63.0 Å². The van der Waals surface area contributed by atoms with Gasteiger partial charge in [0.2, 0.25) is 0 Å². The fourth-order valence-electron chi connectivity index (χ4n) is 4.10. The molecule has 2 aromatic rings. The highest BCUT2D eigenvalue weighted by Gasteiger charge is 2.71. The molecule has 0 bridgehead atoms. The van der Waals surface area contributed by atoms with Crippen molar-refractivity contribution in [3.05, 3.63) is 51.7 Å². The second-order valence-electron chi connectivity index (χ2n) is 8.86. The fraction of sp³-hybridized carbons (Fsp3) is 0.500. The van der Waals surface area contributed by atoms with Crippen LogP contribution in [0.1, 0.15) is 49.8 Å². The maximum absolute atomic E-state index is 13.2. The standard InChI is InChI=1S/C24H26F6N2O4S/c1-3-6-15-13-16(22(35,23(25,26)27)24(28,29)30)7-8-18(15)36-11-5-4-10-32-19(33)21(2,31-20(32)34)17-9-12-37-14-17/h7-9,12-14,35H,3-6,10-11H2,1-2H3,(H,31,34). The first-order valence-electron chi connectivity index (χ1n) is 11.5. The number of unbranched alkanes of at least 4 members (excludes halogenated alkanes) is 1. The third-order valence-electron chi connectivity index (χ3n) is 6.23. The first kappa shape index (κ1) is 28.8. The Morgan fingerprint density at radius 3 is 2.32 bits per heavy atom. The number of hydrogen-bond acceptors (Lipinski definition) is 5. The quantitative estimate of drug-likeness (QED) is 0.227. The number of carbonyl (C=O) groups excluding carboxylic acids is 2. The maximum atomic E-state index is 13.2. The lowest BCUT2D eigenvalue weighted by molar-refractivity contribution is -0.376. The molecule has 2 N–H and O–H groups in total. The Labute approximate surface area is 213 Å². The summed E-state index contributed by atoms with van der Waals surface area (Å²) >= 11 is 1.40. The summed E-state index contributed by atoms with van der Waals surface area (Å²) in [4.78, 5) is 26.3. The number of aliphatic hydroxyl groups is 1. The number of nitrogens with zero attached hydrogens (tertiary/aromatic N) is 1. The molecule has 1 fully saturated rings. The molecule has 0 radical (unpaired) electrons. The Balaban J connectivity index is 1.64.